The third-order valence-electron chi connectivity index (χ3n) is 5.50. The van der Waals surface area contributed by atoms with Crippen molar-refractivity contribution in [3.8, 4) is 0 Å². The maximum absolute atomic E-state index is 13.1. The first-order chi connectivity index (χ1) is 13.0. The lowest BCUT2D eigenvalue weighted by atomic mass is 9.89. The smallest absolute Gasteiger partial charge is 0.231 e. The highest BCUT2D eigenvalue weighted by Gasteiger charge is 2.34. The van der Waals surface area contributed by atoms with Gasteiger partial charge < -0.3 is 15.5 Å². The minimum Gasteiger partial charge on any atom is -0.375 e. The second kappa shape index (κ2) is 7.31. The molecule has 142 valence electrons. The van der Waals surface area contributed by atoms with Gasteiger partial charge in [0.05, 0.1) is 11.6 Å². The number of nitrogens with zero attached hydrogens (tertiary/aromatic N) is 3. The Bertz CT molecular complexity index is 853. The summed E-state index contributed by atoms with van der Waals surface area (Å²) in [5.41, 5.74) is 8.60. The zero-order valence-electron chi connectivity index (χ0n) is 15.5. The molecule has 1 amide bonds. The molecule has 6 nitrogen and oxygen atoms in total. The molecule has 2 aromatic rings. The maximum Gasteiger partial charge on any atom is 0.231 e. The van der Waals surface area contributed by atoms with Crippen LogP contribution in [0.15, 0.2) is 24.3 Å². The van der Waals surface area contributed by atoms with Crippen LogP contribution in [-0.4, -0.2) is 47.8 Å². The number of rotatable bonds is 3. The van der Waals surface area contributed by atoms with Gasteiger partial charge in [0.2, 0.25) is 5.91 Å². The Labute approximate surface area is 163 Å². The van der Waals surface area contributed by atoms with Gasteiger partial charge in [0.15, 0.2) is 10.9 Å². The topological polar surface area (TPSA) is 79.5 Å². The number of ketones is 1. The van der Waals surface area contributed by atoms with E-state index in [1.165, 1.54) is 16.2 Å². The Hall–Kier alpha value is -2.41. The van der Waals surface area contributed by atoms with Gasteiger partial charge in [-0.1, -0.05) is 0 Å². The Balaban J connectivity index is 1.40. The van der Waals surface area contributed by atoms with Crippen LogP contribution in [0.2, 0.25) is 0 Å². The van der Waals surface area contributed by atoms with Gasteiger partial charge in [-0.25, -0.2) is 4.98 Å². The van der Waals surface area contributed by atoms with Crippen molar-refractivity contribution in [3.05, 3.63) is 40.4 Å². The van der Waals surface area contributed by atoms with E-state index in [-0.39, 0.29) is 17.6 Å². The van der Waals surface area contributed by atoms with Crippen LogP contribution >= 0.6 is 11.3 Å². The summed E-state index contributed by atoms with van der Waals surface area (Å²) in [6, 6.07) is 7.70. The van der Waals surface area contributed by atoms with Gasteiger partial charge in [-0.05, 0) is 50.5 Å². The van der Waals surface area contributed by atoms with Gasteiger partial charge in [0.25, 0.3) is 0 Å². The average Bonchev–Trinajstić information content (AvgIpc) is 3.08. The highest BCUT2D eigenvalue weighted by atomic mass is 32.1. The number of thiazole rings is 1. The Morgan fingerprint density at radius 1 is 1.15 bits per heavy atom. The number of aryl methyl sites for hydroxylation is 1. The number of benzene rings is 1. The van der Waals surface area contributed by atoms with E-state index < -0.39 is 0 Å². The third-order valence-corrected chi connectivity index (χ3v) is 6.46. The number of hydrogen-bond acceptors (Lipinski definition) is 6. The summed E-state index contributed by atoms with van der Waals surface area (Å²) in [5, 5.41) is 0.568. The second-order valence-corrected chi connectivity index (χ2v) is 8.34. The van der Waals surface area contributed by atoms with Crippen molar-refractivity contribution in [1.29, 1.82) is 0 Å². The second-order valence-electron chi connectivity index (χ2n) is 7.22. The van der Waals surface area contributed by atoms with Crippen molar-refractivity contribution in [2.24, 2.45) is 0 Å². The number of aromatic nitrogens is 1. The number of Topliss-reactive ketones (excluding diaryl/α,β-unsaturated/α-hetero) is 1. The van der Waals surface area contributed by atoms with Crippen LogP contribution in [0.4, 0.5) is 10.8 Å². The van der Waals surface area contributed by atoms with Gasteiger partial charge in [-0.2, -0.15) is 0 Å². The first-order valence-corrected chi connectivity index (χ1v) is 10.2. The van der Waals surface area contributed by atoms with Gasteiger partial charge in [-0.15, -0.1) is 11.3 Å². The molecule has 1 atom stereocenters. The van der Waals surface area contributed by atoms with Crippen LogP contribution in [0.25, 0.3) is 0 Å². The molecular formula is C20H24N4O2S. The molecule has 1 aromatic carbocycles. The molecule has 2 aliphatic rings. The minimum atomic E-state index is -0.135. The van der Waals surface area contributed by atoms with Crippen molar-refractivity contribution in [2.45, 2.75) is 32.1 Å². The molecule has 4 rings (SSSR count). The molecule has 0 bridgehead atoms. The number of piperazine rings is 1. The predicted molar refractivity (Wildman–Crippen MR) is 107 cm³/mol. The number of nitrogen functional groups attached to an aromatic ring is 1. The Morgan fingerprint density at radius 2 is 1.85 bits per heavy atom. The van der Waals surface area contributed by atoms with Gasteiger partial charge >= 0.3 is 0 Å². The summed E-state index contributed by atoms with van der Waals surface area (Å²) in [4.78, 5) is 34.4. The number of hydrogen-bond donors (Lipinski definition) is 1. The molecule has 0 spiro atoms. The summed E-state index contributed by atoms with van der Waals surface area (Å²) in [6.07, 6.45) is 2.87. The minimum absolute atomic E-state index is 0.0755. The zero-order chi connectivity index (χ0) is 19.0. The van der Waals surface area contributed by atoms with Crippen LogP contribution < -0.4 is 10.6 Å². The molecule has 0 radical (unpaired) electrons. The SMILES string of the molecule is CC(=O)c1ccc(N2CCN(C(=O)C3CCCc4sc(N)nc43)CC2)cc1. The molecule has 1 fully saturated rings. The molecule has 0 saturated carbocycles. The molecule has 2 N–H and O–H groups in total. The summed E-state index contributed by atoms with van der Waals surface area (Å²) in [6.45, 7) is 4.58. The van der Waals surface area contributed by atoms with Gasteiger partial charge in [0, 0.05) is 42.3 Å². The van der Waals surface area contributed by atoms with Crippen molar-refractivity contribution in [2.75, 3.05) is 36.8 Å². The van der Waals surface area contributed by atoms with E-state index in [9.17, 15) is 9.59 Å². The predicted octanol–water partition coefficient (Wildman–Crippen LogP) is 2.70. The first kappa shape index (κ1) is 18.0. The molecule has 1 aliphatic carbocycles. The van der Waals surface area contributed by atoms with Crippen LogP contribution in [0.5, 0.6) is 0 Å². The van der Waals surface area contributed by atoms with E-state index in [1.807, 2.05) is 29.2 Å². The zero-order valence-corrected chi connectivity index (χ0v) is 16.3. The lowest BCUT2D eigenvalue weighted by Gasteiger charge is -2.38. The highest BCUT2D eigenvalue weighted by Crippen LogP contribution is 2.37. The van der Waals surface area contributed by atoms with Crippen LogP contribution in [-0.2, 0) is 11.2 Å². The Morgan fingerprint density at radius 3 is 2.52 bits per heavy atom. The summed E-state index contributed by atoms with van der Waals surface area (Å²) in [5.74, 6) is 0.128. The first-order valence-electron chi connectivity index (χ1n) is 9.43. The van der Waals surface area contributed by atoms with Gasteiger partial charge in [0.1, 0.15) is 0 Å². The van der Waals surface area contributed by atoms with Crippen LogP contribution in [0.1, 0.15) is 46.6 Å². The molecule has 1 saturated heterocycles. The molecule has 27 heavy (non-hydrogen) atoms. The number of fused-ring (bicyclic) bond motifs is 1. The molecule has 1 aromatic heterocycles. The van der Waals surface area contributed by atoms with E-state index in [4.69, 9.17) is 5.73 Å². The van der Waals surface area contributed by atoms with E-state index in [0.29, 0.717) is 18.2 Å². The lowest BCUT2D eigenvalue weighted by molar-refractivity contribution is -0.133. The monoisotopic (exact) mass is 384 g/mol. The summed E-state index contributed by atoms with van der Waals surface area (Å²) < 4.78 is 0. The fraction of sp³-hybridized carbons (Fsp3) is 0.450. The average molecular weight is 385 g/mol. The number of amides is 1. The molecule has 1 aliphatic heterocycles. The number of anilines is 2. The quantitative estimate of drug-likeness (QED) is 0.823. The van der Waals surface area contributed by atoms with E-state index in [1.54, 1.807) is 6.92 Å². The molecule has 1 unspecified atom stereocenters. The number of carbonyl (C=O) groups is 2. The molecule has 7 heteroatoms. The fourth-order valence-electron chi connectivity index (χ4n) is 3.99. The highest BCUT2D eigenvalue weighted by molar-refractivity contribution is 7.15. The lowest BCUT2D eigenvalue weighted by Crippen LogP contribution is -2.50. The van der Waals surface area contributed by atoms with Crippen molar-refractivity contribution < 1.29 is 9.59 Å². The third kappa shape index (κ3) is 3.56. The van der Waals surface area contributed by atoms with Crippen molar-refractivity contribution >= 4 is 33.8 Å². The number of nitrogens with two attached hydrogens (primary N) is 1. The van der Waals surface area contributed by atoms with Crippen LogP contribution in [0, 0.1) is 0 Å². The van der Waals surface area contributed by atoms with E-state index >= 15 is 0 Å². The normalized spacial score (nSPS) is 19.7. The summed E-state index contributed by atoms with van der Waals surface area (Å²) in [7, 11) is 0. The largest absolute Gasteiger partial charge is 0.375 e. The van der Waals surface area contributed by atoms with Crippen molar-refractivity contribution in [1.82, 2.24) is 9.88 Å². The number of carbonyl (C=O) groups excluding carboxylic acids is 2. The Kier molecular flexibility index (Phi) is 4.86. The fourth-order valence-corrected chi connectivity index (χ4v) is 4.93. The maximum atomic E-state index is 13.1. The van der Waals surface area contributed by atoms with E-state index in [2.05, 4.69) is 9.88 Å². The summed E-state index contributed by atoms with van der Waals surface area (Å²) >= 11 is 1.52. The van der Waals surface area contributed by atoms with E-state index in [0.717, 1.165) is 49.3 Å². The van der Waals surface area contributed by atoms with Crippen molar-refractivity contribution in [3.63, 3.8) is 0 Å². The van der Waals surface area contributed by atoms with Gasteiger partial charge in [-0.3, -0.25) is 9.59 Å². The molecule has 2 heterocycles. The van der Waals surface area contributed by atoms with Crippen LogP contribution in [0.3, 0.4) is 0 Å². The molecular weight excluding hydrogens is 360 g/mol. The standard InChI is InChI=1S/C20H24N4O2S/c1-13(25)14-5-7-15(8-6-14)23-9-11-24(12-10-23)19(26)16-3-2-4-17-18(16)22-20(21)27-17/h5-8,16H,2-4,9-12H2,1H3,(H2,21,22).